The molecule has 2 rings (SSSR count). The summed E-state index contributed by atoms with van der Waals surface area (Å²) >= 11 is 5.73. The molecule has 0 aromatic carbocycles. The molecule has 1 aromatic rings. The lowest BCUT2D eigenvalue weighted by atomic mass is 10.2. The maximum absolute atomic E-state index is 5.73. The van der Waals surface area contributed by atoms with E-state index in [9.17, 15) is 0 Å². The quantitative estimate of drug-likeness (QED) is 0.784. The Balaban J connectivity index is 1.79. The molecular formula is C11H16ClN3. The number of hydrogen-bond donors (Lipinski definition) is 1. The minimum Gasteiger partial charge on any atom is -0.314 e. The molecule has 1 aliphatic rings. The Bertz CT molecular complexity index is 293. The SMILES string of the molecule is Clc1ccc(CCN2CCNCC2)cn1. The summed E-state index contributed by atoms with van der Waals surface area (Å²) in [6.45, 7) is 5.64. The van der Waals surface area contributed by atoms with Gasteiger partial charge in [0.25, 0.3) is 0 Å². The van der Waals surface area contributed by atoms with Gasteiger partial charge in [0.15, 0.2) is 0 Å². The Kier molecular flexibility index (Phi) is 3.94. The van der Waals surface area contributed by atoms with Crippen molar-refractivity contribution >= 4 is 11.6 Å². The van der Waals surface area contributed by atoms with Crippen molar-refractivity contribution in [2.45, 2.75) is 6.42 Å². The van der Waals surface area contributed by atoms with E-state index in [-0.39, 0.29) is 0 Å². The number of rotatable bonds is 3. The molecule has 82 valence electrons. The van der Waals surface area contributed by atoms with E-state index in [1.807, 2.05) is 12.3 Å². The van der Waals surface area contributed by atoms with Crippen LogP contribution >= 0.6 is 11.6 Å². The predicted octanol–water partition coefficient (Wildman–Crippen LogP) is 1.18. The molecule has 0 amide bonds. The predicted molar refractivity (Wildman–Crippen MR) is 62.3 cm³/mol. The molecule has 1 fully saturated rings. The average molecular weight is 226 g/mol. The van der Waals surface area contributed by atoms with Crippen LogP contribution in [-0.4, -0.2) is 42.6 Å². The molecule has 1 saturated heterocycles. The van der Waals surface area contributed by atoms with Crippen molar-refractivity contribution in [2.75, 3.05) is 32.7 Å². The van der Waals surface area contributed by atoms with Crippen molar-refractivity contribution in [3.63, 3.8) is 0 Å². The molecule has 1 aromatic heterocycles. The second-order valence-electron chi connectivity index (χ2n) is 3.83. The fourth-order valence-corrected chi connectivity index (χ4v) is 1.89. The zero-order valence-corrected chi connectivity index (χ0v) is 9.50. The molecule has 0 atom stereocenters. The smallest absolute Gasteiger partial charge is 0.129 e. The summed E-state index contributed by atoms with van der Waals surface area (Å²) in [6.07, 6.45) is 2.93. The number of halogens is 1. The molecule has 0 unspecified atom stereocenters. The number of pyridine rings is 1. The van der Waals surface area contributed by atoms with Gasteiger partial charge in [-0.2, -0.15) is 0 Å². The van der Waals surface area contributed by atoms with E-state index in [0.717, 1.165) is 39.1 Å². The molecule has 15 heavy (non-hydrogen) atoms. The minimum absolute atomic E-state index is 0.570. The lowest BCUT2D eigenvalue weighted by molar-refractivity contribution is 0.244. The maximum Gasteiger partial charge on any atom is 0.129 e. The molecule has 0 radical (unpaired) electrons. The minimum atomic E-state index is 0.570. The fourth-order valence-electron chi connectivity index (χ4n) is 1.78. The number of aromatic nitrogens is 1. The molecule has 4 heteroatoms. The maximum atomic E-state index is 5.73. The Morgan fingerprint density at radius 2 is 2.13 bits per heavy atom. The molecule has 0 bridgehead atoms. The first kappa shape index (κ1) is 10.9. The first-order valence-electron chi connectivity index (χ1n) is 5.38. The third kappa shape index (κ3) is 3.45. The van der Waals surface area contributed by atoms with E-state index in [0.29, 0.717) is 5.15 Å². The molecular weight excluding hydrogens is 210 g/mol. The molecule has 1 N–H and O–H groups in total. The van der Waals surface area contributed by atoms with Crippen LogP contribution in [0.4, 0.5) is 0 Å². The van der Waals surface area contributed by atoms with Gasteiger partial charge in [-0.25, -0.2) is 4.98 Å². The van der Waals surface area contributed by atoms with E-state index in [2.05, 4.69) is 21.3 Å². The number of piperazine rings is 1. The summed E-state index contributed by atoms with van der Waals surface area (Å²) < 4.78 is 0. The van der Waals surface area contributed by atoms with Gasteiger partial charge in [-0.05, 0) is 18.1 Å². The summed E-state index contributed by atoms with van der Waals surface area (Å²) in [5.74, 6) is 0. The summed E-state index contributed by atoms with van der Waals surface area (Å²) in [7, 11) is 0. The van der Waals surface area contributed by atoms with Crippen LogP contribution in [0.5, 0.6) is 0 Å². The number of nitrogens with zero attached hydrogens (tertiary/aromatic N) is 2. The largest absolute Gasteiger partial charge is 0.314 e. The van der Waals surface area contributed by atoms with Crippen LogP contribution in [0.1, 0.15) is 5.56 Å². The summed E-state index contributed by atoms with van der Waals surface area (Å²) in [5, 5.41) is 3.92. The van der Waals surface area contributed by atoms with E-state index < -0.39 is 0 Å². The normalized spacial score (nSPS) is 17.9. The summed E-state index contributed by atoms with van der Waals surface area (Å²) in [6, 6.07) is 3.91. The number of hydrogen-bond acceptors (Lipinski definition) is 3. The third-order valence-electron chi connectivity index (χ3n) is 2.71. The second kappa shape index (κ2) is 5.45. The lowest BCUT2D eigenvalue weighted by Crippen LogP contribution is -2.44. The molecule has 3 nitrogen and oxygen atoms in total. The van der Waals surface area contributed by atoms with E-state index in [1.165, 1.54) is 5.56 Å². The second-order valence-corrected chi connectivity index (χ2v) is 4.22. The van der Waals surface area contributed by atoms with Gasteiger partial charge in [-0.3, -0.25) is 0 Å². The van der Waals surface area contributed by atoms with Gasteiger partial charge in [0.05, 0.1) is 0 Å². The third-order valence-corrected chi connectivity index (χ3v) is 2.94. The topological polar surface area (TPSA) is 28.2 Å². The van der Waals surface area contributed by atoms with Gasteiger partial charge in [-0.1, -0.05) is 17.7 Å². The fraction of sp³-hybridized carbons (Fsp3) is 0.545. The summed E-state index contributed by atoms with van der Waals surface area (Å²) in [5.41, 5.74) is 1.26. The van der Waals surface area contributed by atoms with Gasteiger partial charge in [-0.15, -0.1) is 0 Å². The van der Waals surface area contributed by atoms with E-state index in [1.54, 1.807) is 0 Å². The van der Waals surface area contributed by atoms with Crippen LogP contribution in [0.2, 0.25) is 5.15 Å². The van der Waals surface area contributed by atoms with Gasteiger partial charge in [0.2, 0.25) is 0 Å². The Morgan fingerprint density at radius 3 is 2.80 bits per heavy atom. The van der Waals surface area contributed by atoms with Crippen LogP contribution in [0.15, 0.2) is 18.3 Å². The molecule has 0 spiro atoms. The van der Waals surface area contributed by atoms with Gasteiger partial charge in [0, 0.05) is 38.9 Å². The highest BCUT2D eigenvalue weighted by atomic mass is 35.5. The first-order valence-corrected chi connectivity index (χ1v) is 5.76. The van der Waals surface area contributed by atoms with Gasteiger partial charge >= 0.3 is 0 Å². The zero-order valence-electron chi connectivity index (χ0n) is 8.75. The van der Waals surface area contributed by atoms with Crippen LogP contribution in [0, 0.1) is 0 Å². The standard InChI is InChI=1S/C11H16ClN3/c12-11-2-1-10(9-14-11)3-6-15-7-4-13-5-8-15/h1-2,9,13H,3-8H2. The van der Waals surface area contributed by atoms with Crippen molar-refractivity contribution in [3.8, 4) is 0 Å². The van der Waals surface area contributed by atoms with Crippen molar-refractivity contribution in [1.82, 2.24) is 15.2 Å². The zero-order chi connectivity index (χ0) is 10.5. The highest BCUT2D eigenvalue weighted by Crippen LogP contribution is 2.06. The van der Waals surface area contributed by atoms with Crippen molar-refractivity contribution in [1.29, 1.82) is 0 Å². The molecule has 0 saturated carbocycles. The van der Waals surface area contributed by atoms with Crippen LogP contribution in [0.3, 0.4) is 0 Å². The van der Waals surface area contributed by atoms with E-state index >= 15 is 0 Å². The highest BCUT2D eigenvalue weighted by molar-refractivity contribution is 6.29. The van der Waals surface area contributed by atoms with Crippen LogP contribution in [-0.2, 0) is 6.42 Å². The van der Waals surface area contributed by atoms with Crippen LogP contribution in [0.25, 0.3) is 0 Å². The Morgan fingerprint density at radius 1 is 1.33 bits per heavy atom. The van der Waals surface area contributed by atoms with E-state index in [4.69, 9.17) is 11.6 Å². The monoisotopic (exact) mass is 225 g/mol. The first-order chi connectivity index (χ1) is 7.34. The molecule has 1 aliphatic heterocycles. The average Bonchev–Trinajstić information content (AvgIpc) is 2.30. The van der Waals surface area contributed by atoms with Gasteiger partial charge < -0.3 is 10.2 Å². The van der Waals surface area contributed by atoms with Crippen molar-refractivity contribution < 1.29 is 0 Å². The molecule has 2 heterocycles. The van der Waals surface area contributed by atoms with Gasteiger partial charge in [0.1, 0.15) is 5.15 Å². The van der Waals surface area contributed by atoms with Crippen molar-refractivity contribution in [3.05, 3.63) is 29.0 Å². The highest BCUT2D eigenvalue weighted by Gasteiger charge is 2.08. The van der Waals surface area contributed by atoms with Crippen molar-refractivity contribution in [2.24, 2.45) is 0 Å². The Labute approximate surface area is 95.4 Å². The molecule has 0 aliphatic carbocycles. The number of nitrogens with one attached hydrogen (secondary N) is 1. The Hall–Kier alpha value is -0.640. The summed E-state index contributed by atoms with van der Waals surface area (Å²) in [4.78, 5) is 6.55. The lowest BCUT2D eigenvalue weighted by Gasteiger charge is -2.26. The van der Waals surface area contributed by atoms with Crippen LogP contribution < -0.4 is 5.32 Å².